The molecule has 0 saturated carbocycles. The van der Waals surface area contributed by atoms with Crippen molar-refractivity contribution in [1.82, 2.24) is 5.48 Å². The van der Waals surface area contributed by atoms with Gasteiger partial charge in [0.05, 0.1) is 18.0 Å². The lowest BCUT2D eigenvalue weighted by atomic mass is 9.86. The summed E-state index contributed by atoms with van der Waals surface area (Å²) in [5.41, 5.74) is 6.05. The summed E-state index contributed by atoms with van der Waals surface area (Å²) in [6.07, 6.45) is -2.92. The molecule has 2 aliphatic rings. The van der Waals surface area contributed by atoms with Crippen LogP contribution in [0, 0.1) is 0 Å². The molecule has 3 aromatic rings. The number of rotatable bonds is 6. The first-order chi connectivity index (χ1) is 17.3. The molecule has 0 amide bonds. The van der Waals surface area contributed by atoms with E-state index in [2.05, 4.69) is 5.48 Å². The second kappa shape index (κ2) is 9.58. The fourth-order valence-corrected chi connectivity index (χ4v) is 4.45. The monoisotopic (exact) mass is 497 g/mol. The molecule has 2 unspecified atom stereocenters. The van der Waals surface area contributed by atoms with Gasteiger partial charge in [-0.05, 0) is 41.0 Å². The Balaban J connectivity index is 1.32. The summed E-state index contributed by atoms with van der Waals surface area (Å²) < 4.78 is 50.4. The van der Waals surface area contributed by atoms with Crippen LogP contribution in [-0.2, 0) is 22.4 Å². The van der Waals surface area contributed by atoms with Crippen molar-refractivity contribution >= 4 is 5.97 Å². The van der Waals surface area contributed by atoms with Gasteiger partial charge in [0.2, 0.25) is 0 Å². The molecule has 6 nitrogen and oxygen atoms in total. The van der Waals surface area contributed by atoms with Gasteiger partial charge in [-0.3, -0.25) is 4.79 Å². The Morgan fingerprint density at radius 1 is 1.06 bits per heavy atom. The summed E-state index contributed by atoms with van der Waals surface area (Å²) >= 11 is 0. The number of carbonyl (C=O) groups is 1. The van der Waals surface area contributed by atoms with Crippen molar-refractivity contribution in [2.45, 2.75) is 31.2 Å². The zero-order chi connectivity index (χ0) is 25.3. The van der Waals surface area contributed by atoms with Crippen LogP contribution in [0.1, 0.15) is 29.0 Å². The Morgan fingerprint density at radius 3 is 2.61 bits per heavy atom. The highest BCUT2D eigenvalue weighted by molar-refractivity contribution is 5.69. The van der Waals surface area contributed by atoms with Crippen LogP contribution in [0.25, 0.3) is 11.1 Å². The van der Waals surface area contributed by atoms with Crippen LogP contribution in [0.15, 0.2) is 78.6 Å². The Morgan fingerprint density at radius 2 is 1.86 bits per heavy atom. The van der Waals surface area contributed by atoms with E-state index in [1.165, 1.54) is 12.1 Å². The van der Waals surface area contributed by atoms with E-state index in [0.717, 1.165) is 34.4 Å². The summed E-state index contributed by atoms with van der Waals surface area (Å²) in [5, 5.41) is 9.42. The first-order valence-electron chi connectivity index (χ1n) is 11.3. The zero-order valence-electron chi connectivity index (χ0n) is 18.9. The van der Waals surface area contributed by atoms with Crippen LogP contribution in [0.5, 0.6) is 11.5 Å². The average molecular weight is 497 g/mol. The van der Waals surface area contributed by atoms with Gasteiger partial charge in [-0.2, -0.15) is 13.2 Å². The number of nitrogens with one attached hydrogen (secondary N) is 1. The maximum absolute atomic E-state index is 12.8. The number of hydrogen-bond acceptors (Lipinski definition) is 5. The Labute approximate surface area is 204 Å². The van der Waals surface area contributed by atoms with Gasteiger partial charge in [0.15, 0.2) is 0 Å². The second-order valence-electron chi connectivity index (χ2n) is 8.66. The molecule has 2 heterocycles. The summed E-state index contributed by atoms with van der Waals surface area (Å²) in [4.78, 5) is 16.7. The van der Waals surface area contributed by atoms with Gasteiger partial charge in [-0.1, -0.05) is 36.4 Å². The van der Waals surface area contributed by atoms with Crippen LogP contribution in [0.4, 0.5) is 13.2 Å². The number of fused-ring (bicyclic) bond motifs is 2. The van der Waals surface area contributed by atoms with Crippen molar-refractivity contribution in [2.24, 2.45) is 0 Å². The van der Waals surface area contributed by atoms with E-state index in [0.29, 0.717) is 17.1 Å². The third-order valence-electron chi connectivity index (χ3n) is 6.26. The molecule has 0 aliphatic carbocycles. The van der Waals surface area contributed by atoms with E-state index < -0.39 is 17.7 Å². The van der Waals surface area contributed by atoms with Gasteiger partial charge < -0.3 is 19.4 Å². The van der Waals surface area contributed by atoms with E-state index in [4.69, 9.17) is 14.3 Å². The molecule has 0 bridgehead atoms. The van der Waals surface area contributed by atoms with Crippen LogP contribution in [-0.4, -0.2) is 23.7 Å². The number of ether oxygens (including phenoxy) is 2. The molecule has 186 valence electrons. The van der Waals surface area contributed by atoms with E-state index >= 15 is 0 Å². The third-order valence-corrected chi connectivity index (χ3v) is 6.26. The third kappa shape index (κ3) is 5.01. The lowest BCUT2D eigenvalue weighted by Crippen LogP contribution is -2.32. The fourth-order valence-electron chi connectivity index (χ4n) is 4.45. The van der Waals surface area contributed by atoms with Crippen molar-refractivity contribution in [1.29, 1.82) is 0 Å². The molecule has 9 heteroatoms. The minimum Gasteiger partial charge on any atom is -0.489 e. The Hall–Kier alpha value is -3.98. The molecule has 0 fully saturated rings. The number of carboxylic acids is 1. The summed E-state index contributed by atoms with van der Waals surface area (Å²) in [6, 6.07) is 17.4. The van der Waals surface area contributed by atoms with Crippen molar-refractivity contribution in [2.75, 3.05) is 6.61 Å². The van der Waals surface area contributed by atoms with Gasteiger partial charge in [0.1, 0.15) is 31.0 Å². The topological polar surface area (TPSA) is 77.0 Å². The van der Waals surface area contributed by atoms with Gasteiger partial charge in [0.25, 0.3) is 0 Å². The van der Waals surface area contributed by atoms with E-state index in [9.17, 15) is 23.1 Å². The molecule has 2 aliphatic heterocycles. The number of aliphatic carboxylic acids is 1. The standard InChI is InChI=1S/C27H22F3NO5/c28-27(29,30)20-6-4-17(5-7-20)18-3-1-2-16(10-18)13-34-21-8-9-22-23(12-25(32)33)26-19(15-36-31-26)14-35-24(22)11-21/h1-11,15,23,26,31H,12-14H2,(H,32,33). The predicted molar refractivity (Wildman–Crippen MR) is 124 cm³/mol. The van der Waals surface area contributed by atoms with E-state index in [1.807, 2.05) is 24.3 Å². The van der Waals surface area contributed by atoms with Crippen LogP contribution >= 0.6 is 0 Å². The smallest absolute Gasteiger partial charge is 0.416 e. The van der Waals surface area contributed by atoms with Crippen molar-refractivity contribution < 1.29 is 37.4 Å². The molecule has 0 saturated heterocycles. The largest absolute Gasteiger partial charge is 0.489 e. The highest BCUT2D eigenvalue weighted by atomic mass is 19.4. The molecule has 5 rings (SSSR count). The molecule has 36 heavy (non-hydrogen) atoms. The quantitative estimate of drug-likeness (QED) is 0.456. The fraction of sp³-hybridized carbons (Fsp3) is 0.222. The van der Waals surface area contributed by atoms with Gasteiger partial charge in [-0.25, -0.2) is 0 Å². The normalized spacial score (nSPS) is 18.7. The van der Waals surface area contributed by atoms with Gasteiger partial charge in [-0.15, -0.1) is 5.48 Å². The molecular weight excluding hydrogens is 475 g/mol. The highest BCUT2D eigenvalue weighted by Crippen LogP contribution is 2.40. The summed E-state index contributed by atoms with van der Waals surface area (Å²) in [7, 11) is 0. The first-order valence-corrected chi connectivity index (χ1v) is 11.3. The number of hydrogen-bond donors (Lipinski definition) is 2. The molecular formula is C27H22F3NO5. The number of alkyl halides is 3. The molecule has 0 aromatic heterocycles. The summed E-state index contributed by atoms with van der Waals surface area (Å²) in [6.45, 7) is 0.494. The lowest BCUT2D eigenvalue weighted by Gasteiger charge is -2.21. The van der Waals surface area contributed by atoms with Crippen molar-refractivity contribution in [3.05, 3.63) is 95.3 Å². The average Bonchev–Trinajstić information content (AvgIpc) is 3.28. The number of halogens is 3. The summed E-state index contributed by atoms with van der Waals surface area (Å²) in [5.74, 6) is -0.195. The van der Waals surface area contributed by atoms with Gasteiger partial charge in [0, 0.05) is 23.1 Å². The van der Waals surface area contributed by atoms with Crippen molar-refractivity contribution in [3.8, 4) is 22.6 Å². The number of hydroxylamine groups is 1. The predicted octanol–water partition coefficient (Wildman–Crippen LogP) is 5.69. The molecule has 2 N–H and O–H groups in total. The molecule has 0 radical (unpaired) electrons. The van der Waals surface area contributed by atoms with Gasteiger partial charge >= 0.3 is 12.1 Å². The molecule has 0 spiro atoms. The maximum atomic E-state index is 12.8. The second-order valence-corrected chi connectivity index (χ2v) is 8.66. The van der Waals surface area contributed by atoms with Crippen LogP contribution in [0.2, 0.25) is 0 Å². The first kappa shape index (κ1) is 23.7. The minimum atomic E-state index is -4.38. The molecule has 2 atom stereocenters. The highest BCUT2D eigenvalue weighted by Gasteiger charge is 2.37. The van der Waals surface area contributed by atoms with E-state index in [-0.39, 0.29) is 31.6 Å². The number of benzene rings is 3. The minimum absolute atomic E-state index is 0.0916. The van der Waals surface area contributed by atoms with Crippen LogP contribution in [0.3, 0.4) is 0 Å². The Kier molecular flexibility index (Phi) is 6.32. The molecule has 3 aromatic carbocycles. The lowest BCUT2D eigenvalue weighted by molar-refractivity contribution is -0.138. The maximum Gasteiger partial charge on any atom is 0.416 e. The van der Waals surface area contributed by atoms with Crippen molar-refractivity contribution in [3.63, 3.8) is 0 Å². The van der Waals surface area contributed by atoms with Crippen LogP contribution < -0.4 is 15.0 Å². The Bertz CT molecular complexity index is 1300. The zero-order valence-corrected chi connectivity index (χ0v) is 18.9. The number of carboxylic acid groups (broad SMARTS) is 1. The van der Waals surface area contributed by atoms with E-state index in [1.54, 1.807) is 24.5 Å². The SMILES string of the molecule is O=C(O)CC1c2ccc(OCc3cccc(-c4ccc(C(F)(F)F)cc4)c3)cc2OCC2=CONC21.